The van der Waals surface area contributed by atoms with E-state index in [2.05, 4.69) is 25.6 Å². The minimum absolute atomic E-state index is 0.464. The zero-order valence-electron chi connectivity index (χ0n) is 7.59. The minimum atomic E-state index is -0.994. The van der Waals surface area contributed by atoms with Gasteiger partial charge in [0.05, 0.1) is 20.5 Å². The number of nitrogens with zero attached hydrogens (tertiary/aromatic N) is 1. The van der Waals surface area contributed by atoms with E-state index in [1.54, 1.807) is 12.4 Å². The molecule has 0 aliphatic carbocycles. The second kappa shape index (κ2) is 5.80. The fourth-order valence-electron chi connectivity index (χ4n) is 0.843. The molecule has 78 valence electrons. The van der Waals surface area contributed by atoms with E-state index in [0.717, 1.165) is 10.0 Å². The van der Waals surface area contributed by atoms with Crippen LogP contribution in [-0.2, 0) is 17.5 Å². The highest BCUT2D eigenvalue weighted by atomic mass is 79.9. The predicted molar refractivity (Wildman–Crippen MR) is 62.5 cm³/mol. The standard InChI is InChI=1S/C8H10BrClN2OS/c1-2-14(13)12-4-6-3-11-5-7(9)8(6)10/h3,5,12H,2,4H2,1H3. The van der Waals surface area contributed by atoms with E-state index >= 15 is 0 Å². The topological polar surface area (TPSA) is 42.0 Å². The first-order valence-corrected chi connectivity index (χ1v) is 6.54. The summed E-state index contributed by atoms with van der Waals surface area (Å²) in [6.45, 7) is 2.32. The van der Waals surface area contributed by atoms with Crippen molar-refractivity contribution in [2.75, 3.05) is 5.75 Å². The average Bonchev–Trinajstić information content (AvgIpc) is 2.20. The molecule has 0 saturated carbocycles. The zero-order valence-corrected chi connectivity index (χ0v) is 10.7. The first-order valence-electron chi connectivity index (χ1n) is 4.05. The summed E-state index contributed by atoms with van der Waals surface area (Å²) in [6.07, 6.45) is 3.29. The molecule has 0 radical (unpaired) electrons. The van der Waals surface area contributed by atoms with Crippen LogP contribution < -0.4 is 4.72 Å². The van der Waals surface area contributed by atoms with Gasteiger partial charge in [0.1, 0.15) is 0 Å². The van der Waals surface area contributed by atoms with E-state index < -0.39 is 11.0 Å². The maximum Gasteiger partial charge on any atom is 0.0915 e. The van der Waals surface area contributed by atoms with Crippen molar-refractivity contribution in [2.24, 2.45) is 0 Å². The van der Waals surface area contributed by atoms with Crippen LogP contribution in [0.15, 0.2) is 16.9 Å². The lowest BCUT2D eigenvalue weighted by Gasteiger charge is -2.05. The normalized spacial score (nSPS) is 12.8. The van der Waals surface area contributed by atoms with E-state index in [-0.39, 0.29) is 0 Å². The summed E-state index contributed by atoms with van der Waals surface area (Å²) in [5.74, 6) is 0.582. The van der Waals surface area contributed by atoms with E-state index in [0.29, 0.717) is 17.3 Å². The van der Waals surface area contributed by atoms with Gasteiger partial charge < -0.3 is 0 Å². The Morgan fingerprint density at radius 1 is 1.64 bits per heavy atom. The Kier molecular flexibility index (Phi) is 5.01. The number of pyridine rings is 1. The van der Waals surface area contributed by atoms with Gasteiger partial charge in [0.15, 0.2) is 0 Å². The van der Waals surface area contributed by atoms with Gasteiger partial charge in [-0.3, -0.25) is 4.98 Å². The SMILES string of the molecule is CCS(=O)NCc1cncc(Br)c1Cl. The molecule has 1 unspecified atom stereocenters. The second-order valence-corrected chi connectivity index (χ2v) is 5.34. The van der Waals surface area contributed by atoms with Crippen LogP contribution in [0.1, 0.15) is 12.5 Å². The van der Waals surface area contributed by atoms with Crippen LogP contribution >= 0.6 is 27.5 Å². The summed E-state index contributed by atoms with van der Waals surface area (Å²) in [6, 6.07) is 0. The lowest BCUT2D eigenvalue weighted by molar-refractivity contribution is 0.672. The number of nitrogens with one attached hydrogen (secondary N) is 1. The van der Waals surface area contributed by atoms with Crippen molar-refractivity contribution in [2.45, 2.75) is 13.5 Å². The van der Waals surface area contributed by atoms with Gasteiger partial charge in [0, 0.05) is 30.3 Å². The Bertz CT molecular complexity index is 348. The Balaban J connectivity index is 2.68. The van der Waals surface area contributed by atoms with Crippen molar-refractivity contribution < 1.29 is 4.21 Å². The van der Waals surface area contributed by atoms with Crippen LogP contribution in [0, 0.1) is 0 Å². The molecule has 0 aromatic carbocycles. The summed E-state index contributed by atoms with van der Waals surface area (Å²) in [4.78, 5) is 3.98. The van der Waals surface area contributed by atoms with Crippen molar-refractivity contribution in [1.29, 1.82) is 0 Å². The summed E-state index contributed by atoms with van der Waals surface area (Å²) >= 11 is 9.27. The minimum Gasteiger partial charge on any atom is -0.263 e. The van der Waals surface area contributed by atoms with E-state index in [1.165, 1.54) is 0 Å². The molecular weight excluding hydrogens is 288 g/mol. The third kappa shape index (κ3) is 3.31. The van der Waals surface area contributed by atoms with Gasteiger partial charge in [-0.05, 0) is 15.9 Å². The number of halogens is 2. The third-order valence-corrected chi connectivity index (χ3v) is 3.86. The summed E-state index contributed by atoms with van der Waals surface area (Å²) in [7, 11) is -0.994. The molecule has 0 saturated heterocycles. The van der Waals surface area contributed by atoms with Gasteiger partial charge in [0.25, 0.3) is 0 Å². The molecule has 0 bridgehead atoms. The second-order valence-electron chi connectivity index (χ2n) is 2.55. The third-order valence-electron chi connectivity index (χ3n) is 1.60. The molecule has 0 aliphatic rings. The predicted octanol–water partition coefficient (Wildman–Crippen LogP) is 2.27. The lowest BCUT2D eigenvalue weighted by atomic mass is 10.3. The van der Waals surface area contributed by atoms with E-state index in [1.807, 2.05) is 6.92 Å². The lowest BCUT2D eigenvalue weighted by Crippen LogP contribution is -2.18. The van der Waals surface area contributed by atoms with E-state index in [9.17, 15) is 4.21 Å². The van der Waals surface area contributed by atoms with Crippen LogP contribution in [-0.4, -0.2) is 14.9 Å². The van der Waals surface area contributed by atoms with Gasteiger partial charge in [-0.15, -0.1) is 0 Å². The largest absolute Gasteiger partial charge is 0.263 e. The molecule has 0 amide bonds. The zero-order chi connectivity index (χ0) is 10.6. The first kappa shape index (κ1) is 12.1. The quantitative estimate of drug-likeness (QED) is 0.926. The molecule has 0 fully saturated rings. The van der Waals surface area contributed by atoms with Crippen LogP contribution in [0.25, 0.3) is 0 Å². The molecule has 0 aliphatic heterocycles. The van der Waals surface area contributed by atoms with E-state index in [4.69, 9.17) is 11.6 Å². The van der Waals surface area contributed by atoms with Gasteiger partial charge in [-0.2, -0.15) is 0 Å². The molecule has 1 rings (SSSR count). The summed E-state index contributed by atoms with van der Waals surface area (Å²) < 4.78 is 14.7. The molecule has 6 heteroatoms. The molecule has 14 heavy (non-hydrogen) atoms. The van der Waals surface area contributed by atoms with Crippen LogP contribution in [0.5, 0.6) is 0 Å². The molecule has 3 nitrogen and oxygen atoms in total. The molecule has 1 aromatic heterocycles. The Morgan fingerprint density at radius 3 is 3.00 bits per heavy atom. The first-order chi connectivity index (χ1) is 6.65. The Labute approximate surface area is 99.0 Å². The van der Waals surface area contributed by atoms with Crippen LogP contribution in [0.3, 0.4) is 0 Å². The Hall–Kier alpha value is 0.0300. The Morgan fingerprint density at radius 2 is 2.36 bits per heavy atom. The number of hydrogen-bond acceptors (Lipinski definition) is 2. The van der Waals surface area contributed by atoms with Crippen molar-refractivity contribution >= 4 is 38.5 Å². The smallest absolute Gasteiger partial charge is 0.0915 e. The van der Waals surface area contributed by atoms with Crippen molar-refractivity contribution in [1.82, 2.24) is 9.71 Å². The highest BCUT2D eigenvalue weighted by Crippen LogP contribution is 2.24. The number of aromatic nitrogens is 1. The van der Waals surface area contributed by atoms with Crippen LogP contribution in [0.4, 0.5) is 0 Å². The molecule has 1 aromatic rings. The van der Waals surface area contributed by atoms with Crippen molar-refractivity contribution in [3.8, 4) is 0 Å². The van der Waals surface area contributed by atoms with Crippen LogP contribution in [0.2, 0.25) is 5.02 Å². The van der Waals surface area contributed by atoms with Crippen molar-refractivity contribution in [3.63, 3.8) is 0 Å². The number of rotatable bonds is 4. The molecular formula is C8H10BrClN2OS. The van der Waals surface area contributed by atoms with Gasteiger partial charge in [0.2, 0.25) is 0 Å². The fraction of sp³-hybridized carbons (Fsp3) is 0.375. The molecule has 1 N–H and O–H groups in total. The summed E-state index contributed by atoms with van der Waals surface area (Å²) in [5.41, 5.74) is 0.836. The molecule has 0 spiro atoms. The fourth-order valence-corrected chi connectivity index (χ4v) is 1.90. The number of hydrogen-bond donors (Lipinski definition) is 1. The molecule has 1 heterocycles. The highest BCUT2D eigenvalue weighted by Gasteiger charge is 2.05. The molecule has 1 atom stereocenters. The summed E-state index contributed by atoms with van der Waals surface area (Å²) in [5, 5.41) is 0.612. The van der Waals surface area contributed by atoms with Gasteiger partial charge in [-0.1, -0.05) is 18.5 Å². The van der Waals surface area contributed by atoms with Gasteiger partial charge >= 0.3 is 0 Å². The average molecular weight is 298 g/mol. The monoisotopic (exact) mass is 296 g/mol. The van der Waals surface area contributed by atoms with Crippen molar-refractivity contribution in [3.05, 3.63) is 27.5 Å². The van der Waals surface area contributed by atoms with Gasteiger partial charge in [-0.25, -0.2) is 8.93 Å². The highest BCUT2D eigenvalue weighted by molar-refractivity contribution is 9.10. The maximum atomic E-state index is 11.1. The maximum absolute atomic E-state index is 11.1.